The predicted octanol–water partition coefficient (Wildman–Crippen LogP) is 3.27. The summed E-state index contributed by atoms with van der Waals surface area (Å²) in [6.45, 7) is 4.44. The van der Waals surface area contributed by atoms with E-state index in [0.717, 1.165) is 24.8 Å². The molecule has 0 aromatic heterocycles. The Morgan fingerprint density at radius 1 is 1.25 bits per heavy atom. The molecule has 0 fully saturated rings. The molecule has 0 heterocycles. The maximum absolute atomic E-state index is 11.6. The van der Waals surface area contributed by atoms with Gasteiger partial charge in [0, 0.05) is 0 Å². The van der Waals surface area contributed by atoms with Crippen molar-refractivity contribution in [3.05, 3.63) is 35.4 Å². The minimum absolute atomic E-state index is 0.422. The van der Waals surface area contributed by atoms with Gasteiger partial charge in [0.05, 0.1) is 12.2 Å². The normalized spacial score (nSPS) is 10.1. The van der Waals surface area contributed by atoms with Crippen LogP contribution in [0.25, 0.3) is 0 Å². The van der Waals surface area contributed by atoms with Crippen LogP contribution in [0, 0.1) is 6.92 Å². The van der Waals surface area contributed by atoms with Crippen molar-refractivity contribution in [3.63, 3.8) is 0 Å². The number of unbranched alkanes of at least 4 members (excludes halogenated alkanes) is 2. The summed E-state index contributed by atoms with van der Waals surface area (Å²) in [5.74, 6) is -0.422. The maximum Gasteiger partial charge on any atom is 0.373 e. The molecule has 0 aliphatic rings. The monoisotopic (exact) mass is 222 g/mol. The molecule has 0 atom stereocenters. The Balaban J connectivity index is 2.33. The van der Waals surface area contributed by atoms with Gasteiger partial charge in [-0.2, -0.15) is 4.89 Å². The van der Waals surface area contributed by atoms with Crippen LogP contribution in [0.4, 0.5) is 0 Å². The number of carbonyl (C=O) groups is 1. The van der Waals surface area contributed by atoms with E-state index in [0.29, 0.717) is 12.2 Å². The van der Waals surface area contributed by atoms with E-state index < -0.39 is 5.97 Å². The molecule has 1 aromatic carbocycles. The molecular formula is C13H18O3. The summed E-state index contributed by atoms with van der Waals surface area (Å²) in [4.78, 5) is 21.1. The Kier molecular flexibility index (Phi) is 5.57. The highest BCUT2D eigenvalue weighted by atomic mass is 17.2. The fourth-order valence-electron chi connectivity index (χ4n) is 1.35. The second-order valence-electron chi connectivity index (χ2n) is 3.71. The highest BCUT2D eigenvalue weighted by Crippen LogP contribution is 2.08. The minimum atomic E-state index is -0.422. The molecule has 0 aliphatic carbocycles. The van der Waals surface area contributed by atoms with E-state index in [9.17, 15) is 4.79 Å². The maximum atomic E-state index is 11.6. The van der Waals surface area contributed by atoms with Gasteiger partial charge in [0.2, 0.25) is 0 Å². The molecule has 1 rings (SSSR count). The first-order chi connectivity index (χ1) is 7.75. The molecule has 0 amide bonds. The summed E-state index contributed by atoms with van der Waals surface area (Å²) in [6, 6.07) is 7.29. The molecule has 1 aromatic rings. The summed E-state index contributed by atoms with van der Waals surface area (Å²) in [6.07, 6.45) is 3.12. The fraction of sp³-hybridized carbons (Fsp3) is 0.462. The molecular weight excluding hydrogens is 204 g/mol. The zero-order valence-electron chi connectivity index (χ0n) is 9.86. The number of hydrogen-bond acceptors (Lipinski definition) is 3. The third-order valence-corrected chi connectivity index (χ3v) is 2.33. The summed E-state index contributed by atoms with van der Waals surface area (Å²) >= 11 is 0. The molecule has 0 N–H and O–H groups in total. The van der Waals surface area contributed by atoms with E-state index >= 15 is 0 Å². The van der Waals surface area contributed by atoms with E-state index in [1.165, 1.54) is 0 Å². The van der Waals surface area contributed by atoms with Gasteiger partial charge in [-0.25, -0.2) is 4.79 Å². The lowest BCUT2D eigenvalue weighted by Crippen LogP contribution is -2.08. The predicted molar refractivity (Wildman–Crippen MR) is 62.1 cm³/mol. The van der Waals surface area contributed by atoms with E-state index in [-0.39, 0.29) is 0 Å². The van der Waals surface area contributed by atoms with Crippen LogP contribution in [-0.2, 0) is 9.78 Å². The molecule has 0 spiro atoms. The van der Waals surface area contributed by atoms with Gasteiger partial charge < -0.3 is 0 Å². The molecule has 3 heteroatoms. The van der Waals surface area contributed by atoms with Gasteiger partial charge in [-0.05, 0) is 25.0 Å². The van der Waals surface area contributed by atoms with Gasteiger partial charge in [-0.15, -0.1) is 0 Å². The number of aryl methyl sites for hydroxylation is 1. The molecule has 0 bridgehead atoms. The van der Waals surface area contributed by atoms with Crippen LogP contribution in [0.2, 0.25) is 0 Å². The van der Waals surface area contributed by atoms with Gasteiger partial charge in [0.1, 0.15) is 0 Å². The third-order valence-electron chi connectivity index (χ3n) is 2.33. The van der Waals surface area contributed by atoms with Gasteiger partial charge in [-0.1, -0.05) is 38.0 Å². The Morgan fingerprint density at radius 2 is 2.00 bits per heavy atom. The van der Waals surface area contributed by atoms with Crippen molar-refractivity contribution in [1.29, 1.82) is 0 Å². The lowest BCUT2D eigenvalue weighted by atomic mass is 10.1. The van der Waals surface area contributed by atoms with Crippen molar-refractivity contribution in [2.45, 2.75) is 33.1 Å². The van der Waals surface area contributed by atoms with Crippen molar-refractivity contribution < 1.29 is 14.6 Å². The van der Waals surface area contributed by atoms with Crippen molar-refractivity contribution in [2.75, 3.05) is 6.61 Å². The third kappa shape index (κ3) is 4.03. The largest absolute Gasteiger partial charge is 0.373 e. The Bertz CT molecular complexity index is 334. The lowest BCUT2D eigenvalue weighted by Gasteiger charge is -2.05. The smallest absolute Gasteiger partial charge is 0.293 e. The molecule has 0 unspecified atom stereocenters. The number of carbonyl (C=O) groups excluding carboxylic acids is 1. The van der Waals surface area contributed by atoms with E-state index in [4.69, 9.17) is 9.78 Å². The van der Waals surface area contributed by atoms with Crippen LogP contribution in [-0.4, -0.2) is 12.6 Å². The molecule has 88 valence electrons. The summed E-state index contributed by atoms with van der Waals surface area (Å²) < 4.78 is 0. The van der Waals surface area contributed by atoms with Gasteiger partial charge in [-0.3, -0.25) is 4.89 Å². The summed E-state index contributed by atoms with van der Waals surface area (Å²) in [5.41, 5.74) is 1.45. The van der Waals surface area contributed by atoms with Gasteiger partial charge in [0.15, 0.2) is 0 Å². The van der Waals surface area contributed by atoms with Crippen LogP contribution in [0.1, 0.15) is 42.1 Å². The van der Waals surface area contributed by atoms with Crippen molar-refractivity contribution in [1.82, 2.24) is 0 Å². The minimum Gasteiger partial charge on any atom is -0.293 e. The first-order valence-corrected chi connectivity index (χ1v) is 5.65. The number of hydrogen-bond donors (Lipinski definition) is 0. The first kappa shape index (κ1) is 12.7. The molecule has 0 aliphatic heterocycles. The van der Waals surface area contributed by atoms with E-state index in [1.807, 2.05) is 19.1 Å². The van der Waals surface area contributed by atoms with Crippen LogP contribution in [0.15, 0.2) is 24.3 Å². The molecule has 0 radical (unpaired) electrons. The van der Waals surface area contributed by atoms with Crippen molar-refractivity contribution in [3.8, 4) is 0 Å². The molecule has 0 saturated heterocycles. The average molecular weight is 222 g/mol. The van der Waals surface area contributed by atoms with Crippen LogP contribution < -0.4 is 0 Å². The van der Waals surface area contributed by atoms with Crippen LogP contribution in [0.5, 0.6) is 0 Å². The zero-order chi connectivity index (χ0) is 11.8. The fourth-order valence-corrected chi connectivity index (χ4v) is 1.35. The first-order valence-electron chi connectivity index (χ1n) is 5.65. The summed E-state index contributed by atoms with van der Waals surface area (Å²) in [7, 11) is 0. The van der Waals surface area contributed by atoms with Crippen LogP contribution >= 0.6 is 0 Å². The Morgan fingerprint density at radius 3 is 2.69 bits per heavy atom. The zero-order valence-corrected chi connectivity index (χ0v) is 9.86. The summed E-state index contributed by atoms with van der Waals surface area (Å²) in [5, 5.41) is 0. The standard InChI is InChI=1S/C13H18O3/c1-3-4-7-10-15-16-13(14)12-9-6-5-8-11(12)2/h5-6,8-9H,3-4,7,10H2,1-2H3. The second kappa shape index (κ2) is 7.01. The van der Waals surface area contributed by atoms with Crippen molar-refractivity contribution >= 4 is 5.97 Å². The highest BCUT2D eigenvalue weighted by molar-refractivity contribution is 5.90. The number of benzene rings is 1. The average Bonchev–Trinajstić information content (AvgIpc) is 2.29. The Labute approximate surface area is 96.3 Å². The molecule has 16 heavy (non-hydrogen) atoms. The molecule has 3 nitrogen and oxygen atoms in total. The highest BCUT2D eigenvalue weighted by Gasteiger charge is 2.10. The number of rotatable bonds is 6. The Hall–Kier alpha value is -1.35. The lowest BCUT2D eigenvalue weighted by molar-refractivity contribution is -0.241. The van der Waals surface area contributed by atoms with Crippen LogP contribution in [0.3, 0.4) is 0 Å². The van der Waals surface area contributed by atoms with Crippen molar-refractivity contribution in [2.24, 2.45) is 0 Å². The van der Waals surface area contributed by atoms with E-state index in [1.54, 1.807) is 12.1 Å². The van der Waals surface area contributed by atoms with Gasteiger partial charge >= 0.3 is 5.97 Å². The quantitative estimate of drug-likeness (QED) is 0.421. The van der Waals surface area contributed by atoms with E-state index in [2.05, 4.69) is 6.92 Å². The molecule has 0 saturated carbocycles. The van der Waals surface area contributed by atoms with Gasteiger partial charge in [0.25, 0.3) is 0 Å². The second-order valence-corrected chi connectivity index (χ2v) is 3.71. The topological polar surface area (TPSA) is 35.5 Å². The SMILES string of the molecule is CCCCCOOC(=O)c1ccccc1C.